The maximum absolute atomic E-state index is 11.3. The van der Waals surface area contributed by atoms with Gasteiger partial charge >= 0.3 is 0 Å². The van der Waals surface area contributed by atoms with E-state index in [1.54, 1.807) is 13.4 Å². The van der Waals surface area contributed by atoms with Crippen molar-refractivity contribution in [1.29, 1.82) is 0 Å². The van der Waals surface area contributed by atoms with E-state index in [0.29, 0.717) is 6.04 Å². The van der Waals surface area contributed by atoms with Crippen LogP contribution in [0, 0.1) is 0 Å². The summed E-state index contributed by atoms with van der Waals surface area (Å²) in [5.74, 6) is 0. The van der Waals surface area contributed by atoms with Gasteiger partial charge in [0.15, 0.2) is 0 Å². The van der Waals surface area contributed by atoms with Crippen molar-refractivity contribution in [2.24, 2.45) is 0 Å². The summed E-state index contributed by atoms with van der Waals surface area (Å²) >= 11 is 0. The van der Waals surface area contributed by atoms with Crippen LogP contribution in [0.25, 0.3) is 0 Å². The summed E-state index contributed by atoms with van der Waals surface area (Å²) < 4.78 is 16.7. The normalized spacial score (nSPS) is 15.2. The maximum Gasteiger partial charge on any atom is 0.0642 e. The van der Waals surface area contributed by atoms with Crippen molar-refractivity contribution in [3.63, 3.8) is 0 Å². The standard InChI is InChI=1S/C14H23NO2S/c1-11(10-14(2,3)17-4)15-12-6-8-13(9-7-12)18(5)16/h6-9,11,15H,10H2,1-5H3/t11-,18+/m0/s1. The van der Waals surface area contributed by atoms with Gasteiger partial charge in [-0.2, -0.15) is 0 Å². The van der Waals surface area contributed by atoms with Crippen LogP contribution in [0.15, 0.2) is 29.2 Å². The van der Waals surface area contributed by atoms with E-state index in [0.717, 1.165) is 17.0 Å². The number of ether oxygens (including phenoxy) is 1. The Morgan fingerprint density at radius 2 is 1.89 bits per heavy atom. The minimum atomic E-state index is -0.915. The van der Waals surface area contributed by atoms with Crippen molar-refractivity contribution in [1.82, 2.24) is 0 Å². The molecule has 0 heterocycles. The van der Waals surface area contributed by atoms with Gasteiger partial charge in [0.05, 0.1) is 5.60 Å². The average Bonchev–Trinajstić information content (AvgIpc) is 2.29. The first-order chi connectivity index (χ1) is 8.34. The minimum absolute atomic E-state index is 0.128. The monoisotopic (exact) mass is 269 g/mol. The van der Waals surface area contributed by atoms with Crippen LogP contribution in [-0.4, -0.2) is 29.2 Å². The first kappa shape index (κ1) is 15.2. The lowest BCUT2D eigenvalue weighted by Crippen LogP contribution is -2.31. The molecule has 0 radical (unpaired) electrons. The number of hydrogen-bond donors (Lipinski definition) is 1. The molecule has 1 aromatic carbocycles. The highest BCUT2D eigenvalue weighted by Gasteiger charge is 2.19. The molecular formula is C14H23NO2S. The predicted octanol–water partition coefficient (Wildman–Crippen LogP) is 3.04. The molecule has 1 rings (SSSR count). The van der Waals surface area contributed by atoms with Crippen LogP contribution in [0.3, 0.4) is 0 Å². The molecule has 1 N–H and O–H groups in total. The summed E-state index contributed by atoms with van der Waals surface area (Å²) in [5.41, 5.74) is 0.917. The quantitative estimate of drug-likeness (QED) is 0.862. The summed E-state index contributed by atoms with van der Waals surface area (Å²) in [4.78, 5) is 0.852. The summed E-state index contributed by atoms with van der Waals surface area (Å²) in [6.07, 6.45) is 2.61. The molecule has 4 heteroatoms. The molecule has 3 nitrogen and oxygen atoms in total. The molecule has 0 fully saturated rings. The molecule has 0 aliphatic rings. The molecule has 18 heavy (non-hydrogen) atoms. The first-order valence-corrected chi connectivity index (χ1v) is 7.65. The number of benzene rings is 1. The Labute approximate surface area is 112 Å². The minimum Gasteiger partial charge on any atom is -0.382 e. The molecule has 2 atom stereocenters. The van der Waals surface area contributed by atoms with Crippen LogP contribution < -0.4 is 5.32 Å². The highest BCUT2D eigenvalue weighted by atomic mass is 32.2. The number of nitrogens with one attached hydrogen (secondary N) is 1. The van der Waals surface area contributed by atoms with Gasteiger partial charge in [0.25, 0.3) is 0 Å². The van der Waals surface area contributed by atoms with Crippen molar-refractivity contribution in [3.8, 4) is 0 Å². The molecule has 102 valence electrons. The zero-order chi connectivity index (χ0) is 13.8. The molecule has 0 aromatic heterocycles. The van der Waals surface area contributed by atoms with E-state index in [1.807, 2.05) is 24.3 Å². The fourth-order valence-corrected chi connectivity index (χ4v) is 2.42. The molecule has 0 aliphatic carbocycles. The van der Waals surface area contributed by atoms with Crippen LogP contribution >= 0.6 is 0 Å². The lowest BCUT2D eigenvalue weighted by atomic mass is 10.00. The van der Waals surface area contributed by atoms with Crippen molar-refractivity contribution >= 4 is 16.5 Å². The van der Waals surface area contributed by atoms with E-state index in [-0.39, 0.29) is 5.60 Å². The largest absolute Gasteiger partial charge is 0.382 e. The Balaban J connectivity index is 2.59. The van der Waals surface area contributed by atoms with Crippen molar-refractivity contribution in [3.05, 3.63) is 24.3 Å². The van der Waals surface area contributed by atoms with Gasteiger partial charge in [0.2, 0.25) is 0 Å². The average molecular weight is 269 g/mol. The molecule has 0 saturated heterocycles. The molecule has 0 bridgehead atoms. The second-order valence-electron chi connectivity index (χ2n) is 5.19. The van der Waals surface area contributed by atoms with Crippen LogP contribution in [0.4, 0.5) is 5.69 Å². The van der Waals surface area contributed by atoms with E-state index < -0.39 is 10.8 Å². The molecule has 0 unspecified atom stereocenters. The molecule has 0 saturated carbocycles. The molecule has 0 aliphatic heterocycles. The lowest BCUT2D eigenvalue weighted by molar-refractivity contribution is 0.0128. The number of hydrogen-bond acceptors (Lipinski definition) is 3. The molecular weight excluding hydrogens is 246 g/mol. The van der Waals surface area contributed by atoms with Crippen LogP contribution in [0.1, 0.15) is 27.2 Å². The Hall–Kier alpha value is -0.870. The third-order valence-corrected chi connectivity index (χ3v) is 3.89. The van der Waals surface area contributed by atoms with Crippen LogP contribution in [0.5, 0.6) is 0 Å². The van der Waals surface area contributed by atoms with E-state index in [2.05, 4.69) is 26.1 Å². The highest BCUT2D eigenvalue weighted by molar-refractivity contribution is 7.84. The van der Waals surface area contributed by atoms with Gasteiger partial charge < -0.3 is 10.1 Å². The third kappa shape index (κ3) is 4.78. The molecule has 1 aromatic rings. The zero-order valence-corrected chi connectivity index (χ0v) is 12.6. The Kier molecular flexibility index (Phi) is 5.35. The fraction of sp³-hybridized carbons (Fsp3) is 0.571. The Morgan fingerprint density at radius 1 is 1.33 bits per heavy atom. The summed E-state index contributed by atoms with van der Waals surface area (Å²) in [5, 5.41) is 3.42. The second kappa shape index (κ2) is 6.34. The van der Waals surface area contributed by atoms with Gasteiger partial charge in [-0.1, -0.05) is 0 Å². The van der Waals surface area contributed by atoms with Gasteiger partial charge in [-0.3, -0.25) is 4.21 Å². The van der Waals surface area contributed by atoms with Crippen LogP contribution in [-0.2, 0) is 15.5 Å². The van der Waals surface area contributed by atoms with Crippen LogP contribution in [0.2, 0.25) is 0 Å². The third-order valence-electron chi connectivity index (χ3n) is 2.95. The van der Waals surface area contributed by atoms with Gasteiger partial charge in [-0.25, -0.2) is 0 Å². The predicted molar refractivity (Wildman–Crippen MR) is 77.6 cm³/mol. The van der Waals surface area contributed by atoms with E-state index >= 15 is 0 Å². The first-order valence-electron chi connectivity index (χ1n) is 6.09. The highest BCUT2D eigenvalue weighted by Crippen LogP contribution is 2.19. The Bertz CT molecular complexity index is 401. The summed E-state index contributed by atoms with van der Waals surface area (Å²) in [6, 6.07) is 8.04. The SMILES string of the molecule is COC(C)(C)C[C@H](C)Nc1ccc([S@@](C)=O)cc1. The van der Waals surface area contributed by atoms with Gasteiger partial charge in [-0.15, -0.1) is 0 Å². The second-order valence-corrected chi connectivity index (χ2v) is 6.57. The fourth-order valence-electron chi connectivity index (χ4n) is 1.90. The van der Waals surface area contributed by atoms with Gasteiger partial charge in [0, 0.05) is 40.8 Å². The van der Waals surface area contributed by atoms with Crippen molar-refractivity contribution in [2.75, 3.05) is 18.7 Å². The van der Waals surface area contributed by atoms with E-state index in [1.165, 1.54) is 0 Å². The number of methoxy groups -OCH3 is 1. The topological polar surface area (TPSA) is 38.3 Å². The van der Waals surface area contributed by atoms with E-state index in [4.69, 9.17) is 4.74 Å². The van der Waals surface area contributed by atoms with Crippen molar-refractivity contribution < 1.29 is 8.95 Å². The van der Waals surface area contributed by atoms with Crippen molar-refractivity contribution in [2.45, 2.75) is 43.7 Å². The van der Waals surface area contributed by atoms with Gasteiger partial charge in [-0.05, 0) is 51.5 Å². The molecule has 0 spiro atoms. The smallest absolute Gasteiger partial charge is 0.0642 e. The number of anilines is 1. The lowest BCUT2D eigenvalue weighted by Gasteiger charge is -2.27. The molecule has 0 amide bonds. The Morgan fingerprint density at radius 3 is 2.33 bits per heavy atom. The summed E-state index contributed by atoms with van der Waals surface area (Å²) in [7, 11) is 0.819. The maximum atomic E-state index is 11.3. The summed E-state index contributed by atoms with van der Waals surface area (Å²) in [6.45, 7) is 6.29. The number of rotatable bonds is 6. The zero-order valence-electron chi connectivity index (χ0n) is 11.8. The van der Waals surface area contributed by atoms with Gasteiger partial charge in [0.1, 0.15) is 0 Å². The van der Waals surface area contributed by atoms with E-state index in [9.17, 15) is 4.21 Å².